The summed E-state index contributed by atoms with van der Waals surface area (Å²) in [5.41, 5.74) is 0.763. The van der Waals surface area contributed by atoms with E-state index in [2.05, 4.69) is 27.8 Å². The second-order valence-corrected chi connectivity index (χ2v) is 9.77. The van der Waals surface area contributed by atoms with Gasteiger partial charge in [0.15, 0.2) is 9.84 Å². The molecule has 1 fully saturated rings. The molecule has 5 heteroatoms. The maximum absolute atomic E-state index is 12.7. The summed E-state index contributed by atoms with van der Waals surface area (Å²) < 4.78 is 30.9. The summed E-state index contributed by atoms with van der Waals surface area (Å²) in [5.74, 6) is 6.15. The topological polar surface area (TPSA) is 43.4 Å². The lowest BCUT2D eigenvalue weighted by atomic mass is 10.2. The molecular weight excluding hydrogens is 412 g/mol. The van der Waals surface area contributed by atoms with Gasteiger partial charge in [0, 0.05) is 23.9 Å². The molecule has 0 spiro atoms. The molecule has 0 N–H and O–H groups in total. The smallest absolute Gasteiger partial charge is 0.181 e. The van der Waals surface area contributed by atoms with E-state index in [4.69, 9.17) is 4.74 Å². The first-order valence-corrected chi connectivity index (χ1v) is 12.3. The van der Waals surface area contributed by atoms with Crippen LogP contribution < -0.4 is 0 Å². The molecule has 0 amide bonds. The molecule has 1 aromatic rings. The Balaban J connectivity index is 1.76. The highest BCUT2D eigenvalue weighted by Crippen LogP contribution is 2.29. The van der Waals surface area contributed by atoms with Crippen LogP contribution in [0.25, 0.3) is 0 Å². The van der Waals surface area contributed by atoms with E-state index in [1.54, 1.807) is 18.2 Å². The van der Waals surface area contributed by atoms with E-state index in [-0.39, 0.29) is 5.25 Å². The molecule has 0 heterocycles. The maximum atomic E-state index is 12.7. The van der Waals surface area contributed by atoms with Crippen molar-refractivity contribution in [1.82, 2.24) is 0 Å². The average molecular weight is 441 g/mol. The van der Waals surface area contributed by atoms with Crippen molar-refractivity contribution in [2.75, 3.05) is 18.5 Å². The Labute approximate surface area is 167 Å². The van der Waals surface area contributed by atoms with Crippen molar-refractivity contribution in [2.45, 2.75) is 67.9 Å². The Morgan fingerprint density at radius 3 is 2.62 bits per heavy atom. The highest BCUT2D eigenvalue weighted by atomic mass is 79.9. The van der Waals surface area contributed by atoms with Gasteiger partial charge < -0.3 is 4.74 Å². The molecule has 1 aromatic carbocycles. The first-order valence-electron chi connectivity index (χ1n) is 9.61. The van der Waals surface area contributed by atoms with Crippen molar-refractivity contribution in [3.8, 4) is 11.8 Å². The van der Waals surface area contributed by atoms with Gasteiger partial charge in [-0.3, -0.25) is 0 Å². The molecule has 0 unspecified atom stereocenters. The van der Waals surface area contributed by atoms with Crippen molar-refractivity contribution in [2.24, 2.45) is 0 Å². The Morgan fingerprint density at radius 1 is 1.08 bits per heavy atom. The zero-order valence-corrected chi connectivity index (χ0v) is 17.8. The van der Waals surface area contributed by atoms with Gasteiger partial charge in [0.05, 0.1) is 16.8 Å². The molecule has 26 heavy (non-hydrogen) atoms. The van der Waals surface area contributed by atoms with Crippen LogP contribution in [0.3, 0.4) is 0 Å². The van der Waals surface area contributed by atoms with Crippen LogP contribution in [-0.4, -0.2) is 32.2 Å². The van der Waals surface area contributed by atoms with Gasteiger partial charge in [-0.25, -0.2) is 8.42 Å². The number of ether oxygens (including phenoxy) is 1. The van der Waals surface area contributed by atoms with Crippen molar-refractivity contribution in [1.29, 1.82) is 0 Å². The second-order valence-electron chi connectivity index (χ2n) is 6.75. The molecule has 0 aliphatic heterocycles. The summed E-state index contributed by atoms with van der Waals surface area (Å²) in [7, 11) is -3.21. The fraction of sp³-hybridized carbons (Fsp3) is 0.619. The molecule has 0 radical (unpaired) electrons. The molecule has 0 saturated heterocycles. The van der Waals surface area contributed by atoms with E-state index in [0.29, 0.717) is 17.9 Å². The minimum atomic E-state index is -3.21. The van der Waals surface area contributed by atoms with E-state index in [9.17, 15) is 8.42 Å². The van der Waals surface area contributed by atoms with E-state index in [1.807, 2.05) is 6.07 Å². The van der Waals surface area contributed by atoms with Gasteiger partial charge in [0.25, 0.3) is 0 Å². The van der Waals surface area contributed by atoms with Crippen LogP contribution in [0.15, 0.2) is 29.2 Å². The third kappa shape index (κ3) is 7.06. The zero-order chi connectivity index (χ0) is 18.7. The predicted octanol–water partition coefficient (Wildman–Crippen LogP) is 5.12. The number of sulfone groups is 1. The lowest BCUT2D eigenvalue weighted by Gasteiger charge is -2.11. The Bertz CT molecular complexity index is 697. The van der Waals surface area contributed by atoms with E-state index >= 15 is 0 Å². The lowest BCUT2D eigenvalue weighted by molar-refractivity contribution is 0.135. The molecule has 1 aliphatic rings. The summed E-state index contributed by atoms with van der Waals surface area (Å²) in [4.78, 5) is 0.413. The fourth-order valence-electron chi connectivity index (χ4n) is 3.18. The molecular formula is C21H29BrO3S. The third-order valence-corrected chi connectivity index (χ3v) is 7.50. The van der Waals surface area contributed by atoms with E-state index in [1.165, 1.54) is 19.3 Å². The van der Waals surface area contributed by atoms with Crippen molar-refractivity contribution in [3.05, 3.63) is 29.8 Å². The van der Waals surface area contributed by atoms with Crippen LogP contribution in [0.5, 0.6) is 0 Å². The third-order valence-electron chi connectivity index (χ3n) is 4.68. The fourth-order valence-corrected chi connectivity index (χ4v) is 5.48. The van der Waals surface area contributed by atoms with Crippen LogP contribution in [0, 0.1) is 11.8 Å². The molecule has 0 aromatic heterocycles. The first-order chi connectivity index (χ1) is 12.6. The first kappa shape index (κ1) is 21.5. The summed E-state index contributed by atoms with van der Waals surface area (Å²) >= 11 is 3.43. The normalized spacial score (nSPS) is 15.0. The van der Waals surface area contributed by atoms with Crippen LogP contribution in [0.1, 0.15) is 63.4 Å². The highest BCUT2D eigenvalue weighted by Gasteiger charge is 2.30. The number of alkyl halides is 1. The Hall–Kier alpha value is -0.830. The van der Waals surface area contributed by atoms with Crippen LogP contribution >= 0.6 is 15.9 Å². The van der Waals surface area contributed by atoms with Crippen LogP contribution in [-0.2, 0) is 14.6 Å². The summed E-state index contributed by atoms with van der Waals surface area (Å²) in [6.45, 7) is 1.42. The van der Waals surface area contributed by atoms with Gasteiger partial charge in [-0.05, 0) is 43.9 Å². The van der Waals surface area contributed by atoms with Crippen molar-refractivity contribution >= 4 is 25.8 Å². The van der Waals surface area contributed by atoms with E-state index in [0.717, 1.165) is 49.6 Å². The molecule has 1 saturated carbocycles. The molecule has 0 atom stereocenters. The standard InChI is InChI=1S/C21H29BrO3S/c22-15-6-1-2-7-16-25-17-8-5-10-19-11-9-14-21(18-19)26(23,24)20-12-3-4-13-20/h9,11,14,18,20H,1-4,6-8,12-13,15-17H2. The zero-order valence-electron chi connectivity index (χ0n) is 15.4. The predicted molar refractivity (Wildman–Crippen MR) is 110 cm³/mol. The van der Waals surface area contributed by atoms with Gasteiger partial charge in [-0.2, -0.15) is 0 Å². The highest BCUT2D eigenvalue weighted by molar-refractivity contribution is 9.09. The number of unbranched alkanes of at least 4 members (excludes halogenated alkanes) is 3. The van der Waals surface area contributed by atoms with Crippen LogP contribution in [0.2, 0.25) is 0 Å². The molecule has 3 nitrogen and oxygen atoms in total. The van der Waals surface area contributed by atoms with Gasteiger partial charge in [-0.1, -0.05) is 59.5 Å². The van der Waals surface area contributed by atoms with Gasteiger partial charge in [-0.15, -0.1) is 0 Å². The number of rotatable bonds is 10. The maximum Gasteiger partial charge on any atom is 0.181 e. The van der Waals surface area contributed by atoms with Gasteiger partial charge in [0.1, 0.15) is 0 Å². The van der Waals surface area contributed by atoms with Crippen molar-refractivity contribution < 1.29 is 13.2 Å². The quantitative estimate of drug-likeness (QED) is 0.288. The Morgan fingerprint density at radius 2 is 1.85 bits per heavy atom. The molecule has 0 bridgehead atoms. The molecule has 1 aliphatic carbocycles. The van der Waals surface area contributed by atoms with Gasteiger partial charge in [0.2, 0.25) is 0 Å². The minimum Gasteiger partial charge on any atom is -0.380 e. The number of halogens is 1. The molecule has 144 valence electrons. The van der Waals surface area contributed by atoms with Crippen molar-refractivity contribution in [3.63, 3.8) is 0 Å². The second kappa shape index (κ2) is 11.8. The Kier molecular flexibility index (Phi) is 9.74. The summed E-state index contributed by atoms with van der Waals surface area (Å²) in [6.07, 6.45) is 9.04. The number of hydrogen-bond acceptors (Lipinski definition) is 3. The largest absolute Gasteiger partial charge is 0.380 e. The SMILES string of the molecule is O=S(=O)(c1cccc(C#CCCOCCCCCCBr)c1)C1CCCC1. The monoisotopic (exact) mass is 440 g/mol. The van der Waals surface area contributed by atoms with Crippen LogP contribution in [0.4, 0.5) is 0 Å². The van der Waals surface area contributed by atoms with Gasteiger partial charge >= 0.3 is 0 Å². The number of hydrogen-bond donors (Lipinski definition) is 0. The lowest BCUT2D eigenvalue weighted by Crippen LogP contribution is -2.17. The summed E-state index contributed by atoms with van der Waals surface area (Å²) in [6, 6.07) is 7.06. The number of benzene rings is 1. The van der Waals surface area contributed by atoms with E-state index < -0.39 is 9.84 Å². The molecule has 2 rings (SSSR count). The minimum absolute atomic E-state index is 0.214. The summed E-state index contributed by atoms with van der Waals surface area (Å²) in [5, 5.41) is 0.862. The average Bonchev–Trinajstić information content (AvgIpc) is 3.19.